The molecule has 0 aromatic heterocycles. The minimum absolute atomic E-state index is 0.0340. The second-order valence-electron chi connectivity index (χ2n) is 6.34. The molecule has 3 rings (SSSR count). The van der Waals surface area contributed by atoms with Crippen LogP contribution in [0.25, 0.3) is 12.2 Å². The van der Waals surface area contributed by atoms with Gasteiger partial charge in [-0.15, -0.1) is 0 Å². The highest BCUT2D eigenvalue weighted by Gasteiger charge is 2.11. The highest BCUT2D eigenvalue weighted by molar-refractivity contribution is 5.97. The molecule has 0 atom stereocenters. The maximum Gasteiger partial charge on any atom is 0.255 e. The van der Waals surface area contributed by atoms with Gasteiger partial charge >= 0.3 is 0 Å². The van der Waals surface area contributed by atoms with Gasteiger partial charge in [-0.05, 0) is 47.9 Å². The van der Waals surface area contributed by atoms with E-state index in [0.29, 0.717) is 24.1 Å². The van der Waals surface area contributed by atoms with Crippen LogP contribution >= 0.6 is 0 Å². The number of hydrogen-bond acceptors (Lipinski definition) is 4. The Morgan fingerprint density at radius 3 is 2.39 bits per heavy atom. The summed E-state index contributed by atoms with van der Waals surface area (Å²) in [6, 6.07) is 18.7. The van der Waals surface area contributed by atoms with Crippen molar-refractivity contribution in [1.82, 2.24) is 5.32 Å². The number of carbonyl (C=O) groups is 1. The van der Waals surface area contributed by atoms with Crippen LogP contribution in [0.4, 0.5) is 0 Å². The molecule has 0 radical (unpaired) electrons. The zero-order valence-electron chi connectivity index (χ0n) is 15.2. The number of phenolic OH excluding ortho intramolecular Hbond substituents is 3. The maximum atomic E-state index is 12.4. The van der Waals surface area contributed by atoms with Crippen LogP contribution in [0, 0.1) is 0 Å². The molecule has 3 aromatic carbocycles. The molecule has 0 spiro atoms. The minimum Gasteiger partial charge on any atom is -0.508 e. The normalized spacial score (nSPS) is 10.9. The molecule has 1 amide bonds. The molecule has 0 aliphatic heterocycles. The summed E-state index contributed by atoms with van der Waals surface area (Å²) >= 11 is 0. The van der Waals surface area contributed by atoms with Gasteiger partial charge in [-0.25, -0.2) is 0 Å². The first-order valence-electron chi connectivity index (χ1n) is 8.88. The Morgan fingerprint density at radius 1 is 0.857 bits per heavy atom. The molecular weight excluding hydrogens is 354 g/mol. The molecule has 3 aromatic rings. The highest BCUT2D eigenvalue weighted by atomic mass is 16.3. The zero-order valence-corrected chi connectivity index (χ0v) is 15.2. The van der Waals surface area contributed by atoms with E-state index in [2.05, 4.69) is 5.32 Å². The van der Waals surface area contributed by atoms with Crippen molar-refractivity contribution in [2.45, 2.75) is 6.42 Å². The third-order valence-corrected chi connectivity index (χ3v) is 4.27. The number of amides is 1. The van der Waals surface area contributed by atoms with Gasteiger partial charge in [0, 0.05) is 12.1 Å². The monoisotopic (exact) mass is 375 g/mol. The number of phenols is 3. The summed E-state index contributed by atoms with van der Waals surface area (Å²) in [4.78, 5) is 12.4. The highest BCUT2D eigenvalue weighted by Crippen LogP contribution is 2.25. The number of nitrogens with one attached hydrogen (secondary N) is 1. The Balaban J connectivity index is 1.69. The Kier molecular flexibility index (Phi) is 5.97. The largest absolute Gasteiger partial charge is 0.508 e. The van der Waals surface area contributed by atoms with Crippen molar-refractivity contribution in [2.24, 2.45) is 0 Å². The van der Waals surface area contributed by atoms with Crippen molar-refractivity contribution in [3.63, 3.8) is 0 Å². The van der Waals surface area contributed by atoms with Gasteiger partial charge in [-0.3, -0.25) is 4.79 Å². The van der Waals surface area contributed by atoms with Crippen LogP contribution in [0.1, 0.15) is 27.0 Å². The molecule has 0 saturated carbocycles. The van der Waals surface area contributed by atoms with E-state index in [0.717, 1.165) is 5.56 Å². The van der Waals surface area contributed by atoms with Crippen LogP contribution in [-0.4, -0.2) is 27.8 Å². The molecule has 28 heavy (non-hydrogen) atoms. The SMILES string of the molecule is O=C(NCCc1ccccc1)c1cc(/C=C\c2cc(O)ccc2O)ccc1O. The van der Waals surface area contributed by atoms with Crippen molar-refractivity contribution in [3.8, 4) is 17.2 Å². The predicted octanol–water partition coefficient (Wildman–Crippen LogP) is 3.95. The fourth-order valence-corrected chi connectivity index (χ4v) is 2.76. The van der Waals surface area contributed by atoms with Crippen LogP contribution in [0.2, 0.25) is 0 Å². The molecule has 0 unspecified atom stereocenters. The maximum absolute atomic E-state index is 12.4. The van der Waals surface area contributed by atoms with E-state index in [9.17, 15) is 20.1 Å². The second-order valence-corrected chi connectivity index (χ2v) is 6.34. The van der Waals surface area contributed by atoms with Crippen molar-refractivity contribution in [3.05, 3.63) is 89.0 Å². The molecule has 0 saturated heterocycles. The Labute approximate surface area is 163 Å². The fraction of sp³-hybridized carbons (Fsp3) is 0.0870. The first-order valence-corrected chi connectivity index (χ1v) is 8.88. The number of aromatic hydroxyl groups is 3. The Morgan fingerprint density at radius 2 is 1.61 bits per heavy atom. The number of carbonyl (C=O) groups excluding carboxylic acids is 1. The molecule has 5 heteroatoms. The number of benzene rings is 3. The standard InChI is InChI=1S/C23H21NO4/c25-19-9-11-21(26)18(15-19)8-6-17-7-10-22(27)20(14-17)23(28)24-13-12-16-4-2-1-3-5-16/h1-11,14-15,25-27H,12-13H2,(H,24,28)/b8-6-. The van der Waals surface area contributed by atoms with Gasteiger partial charge in [0.1, 0.15) is 17.2 Å². The summed E-state index contributed by atoms with van der Waals surface area (Å²) < 4.78 is 0. The molecule has 142 valence electrons. The third-order valence-electron chi connectivity index (χ3n) is 4.27. The van der Waals surface area contributed by atoms with Gasteiger partial charge in [-0.1, -0.05) is 48.6 Å². The number of hydrogen-bond donors (Lipinski definition) is 4. The van der Waals surface area contributed by atoms with E-state index in [1.54, 1.807) is 24.3 Å². The molecule has 0 fully saturated rings. The molecule has 0 heterocycles. The van der Waals surface area contributed by atoms with Gasteiger partial charge in [0.25, 0.3) is 5.91 Å². The minimum atomic E-state index is -0.358. The number of rotatable bonds is 6. The summed E-state index contributed by atoms with van der Waals surface area (Å²) in [7, 11) is 0. The quantitative estimate of drug-likeness (QED) is 0.388. The van der Waals surface area contributed by atoms with E-state index >= 15 is 0 Å². The lowest BCUT2D eigenvalue weighted by atomic mass is 10.1. The lowest BCUT2D eigenvalue weighted by molar-refractivity contribution is 0.0951. The third kappa shape index (κ3) is 4.92. The summed E-state index contributed by atoms with van der Waals surface area (Å²) in [6.45, 7) is 0.458. The lowest BCUT2D eigenvalue weighted by Crippen LogP contribution is -2.25. The first-order chi connectivity index (χ1) is 13.5. The van der Waals surface area contributed by atoms with E-state index in [4.69, 9.17) is 0 Å². The summed E-state index contributed by atoms with van der Waals surface area (Å²) in [5, 5.41) is 32.2. The van der Waals surface area contributed by atoms with Gasteiger partial charge in [0.15, 0.2) is 0 Å². The van der Waals surface area contributed by atoms with Crippen LogP contribution in [0.3, 0.4) is 0 Å². The zero-order chi connectivity index (χ0) is 19.9. The van der Waals surface area contributed by atoms with Crippen LogP contribution in [0.15, 0.2) is 66.7 Å². The van der Waals surface area contributed by atoms with E-state index in [1.165, 1.54) is 24.3 Å². The van der Waals surface area contributed by atoms with Gasteiger partial charge in [-0.2, -0.15) is 0 Å². The van der Waals surface area contributed by atoms with Crippen LogP contribution < -0.4 is 5.32 Å². The Hall–Kier alpha value is -3.73. The molecule has 4 N–H and O–H groups in total. The topological polar surface area (TPSA) is 89.8 Å². The summed E-state index contributed by atoms with van der Waals surface area (Å²) in [5.74, 6) is -0.383. The van der Waals surface area contributed by atoms with E-state index in [-0.39, 0.29) is 28.7 Å². The molecular formula is C23H21NO4. The van der Waals surface area contributed by atoms with Gasteiger partial charge in [0.2, 0.25) is 0 Å². The second kappa shape index (κ2) is 8.77. The van der Waals surface area contributed by atoms with E-state index in [1.807, 2.05) is 30.3 Å². The molecule has 0 aliphatic rings. The molecule has 0 bridgehead atoms. The van der Waals surface area contributed by atoms with Gasteiger partial charge in [0.05, 0.1) is 5.56 Å². The van der Waals surface area contributed by atoms with Crippen LogP contribution in [-0.2, 0) is 6.42 Å². The van der Waals surface area contributed by atoms with Crippen molar-refractivity contribution in [1.29, 1.82) is 0 Å². The fourth-order valence-electron chi connectivity index (χ4n) is 2.76. The summed E-state index contributed by atoms with van der Waals surface area (Å²) in [6.07, 6.45) is 4.01. The van der Waals surface area contributed by atoms with Crippen LogP contribution in [0.5, 0.6) is 17.2 Å². The van der Waals surface area contributed by atoms with Crippen molar-refractivity contribution >= 4 is 18.1 Å². The molecule has 5 nitrogen and oxygen atoms in total. The van der Waals surface area contributed by atoms with Gasteiger partial charge < -0.3 is 20.6 Å². The smallest absolute Gasteiger partial charge is 0.255 e. The Bertz CT molecular complexity index is 997. The molecule has 0 aliphatic carbocycles. The lowest BCUT2D eigenvalue weighted by Gasteiger charge is -2.08. The predicted molar refractivity (Wildman–Crippen MR) is 109 cm³/mol. The van der Waals surface area contributed by atoms with Crippen molar-refractivity contribution in [2.75, 3.05) is 6.54 Å². The average molecular weight is 375 g/mol. The summed E-state index contributed by atoms with van der Waals surface area (Å²) in [5.41, 5.74) is 2.42. The van der Waals surface area contributed by atoms with E-state index < -0.39 is 0 Å². The first kappa shape index (κ1) is 19.0. The average Bonchev–Trinajstić information content (AvgIpc) is 2.70. The van der Waals surface area contributed by atoms with Crippen molar-refractivity contribution < 1.29 is 20.1 Å².